The van der Waals surface area contributed by atoms with Gasteiger partial charge in [-0.1, -0.05) is 68.7 Å². The van der Waals surface area contributed by atoms with Crippen molar-refractivity contribution in [3.05, 3.63) is 89.0 Å². The summed E-state index contributed by atoms with van der Waals surface area (Å²) in [5.74, 6) is 0.812. The van der Waals surface area contributed by atoms with Gasteiger partial charge in [0.1, 0.15) is 11.9 Å². The molecule has 0 aliphatic carbocycles. The van der Waals surface area contributed by atoms with Crippen LogP contribution in [0.25, 0.3) is 11.1 Å². The van der Waals surface area contributed by atoms with Gasteiger partial charge in [-0.25, -0.2) is 0 Å². The molecule has 3 rings (SSSR count). The van der Waals surface area contributed by atoms with Gasteiger partial charge in [0.25, 0.3) is 5.91 Å². The van der Waals surface area contributed by atoms with Crippen LogP contribution in [-0.4, -0.2) is 18.7 Å². The Balaban J connectivity index is 1.80. The van der Waals surface area contributed by atoms with Crippen LogP contribution < -0.4 is 10.1 Å². The van der Waals surface area contributed by atoms with E-state index in [1.807, 2.05) is 54.6 Å². The second-order valence-electron chi connectivity index (χ2n) is 8.77. The minimum atomic E-state index is -0.0884. The van der Waals surface area contributed by atoms with Gasteiger partial charge in [0.2, 0.25) is 0 Å². The molecule has 1 N–H and O–H groups in total. The second-order valence-corrected chi connectivity index (χ2v) is 8.77. The monoisotopic (exact) mass is 457 g/mol. The summed E-state index contributed by atoms with van der Waals surface area (Å²) in [6, 6.07) is 21.6. The molecule has 0 fully saturated rings. The Kier molecular flexibility index (Phi) is 9.03. The quantitative estimate of drug-likeness (QED) is 0.242. The van der Waals surface area contributed by atoms with Crippen molar-refractivity contribution in [1.82, 2.24) is 5.32 Å². The van der Waals surface area contributed by atoms with Crippen LogP contribution in [0.2, 0.25) is 0 Å². The van der Waals surface area contributed by atoms with E-state index in [1.165, 1.54) is 19.3 Å². The summed E-state index contributed by atoms with van der Waals surface area (Å²) in [4.78, 5) is 23.5. The van der Waals surface area contributed by atoms with E-state index >= 15 is 0 Å². The third-order valence-corrected chi connectivity index (χ3v) is 6.17. The molecule has 0 spiro atoms. The van der Waals surface area contributed by atoms with Crippen LogP contribution in [0.5, 0.6) is 5.75 Å². The van der Waals surface area contributed by atoms with Crippen molar-refractivity contribution in [2.24, 2.45) is 0 Å². The Hall–Kier alpha value is -3.40. The molecule has 178 valence electrons. The fourth-order valence-electron chi connectivity index (χ4n) is 4.13. The smallest absolute Gasteiger partial charge is 0.251 e. The topological polar surface area (TPSA) is 55.4 Å². The summed E-state index contributed by atoms with van der Waals surface area (Å²) in [5, 5.41) is 2.66. The standard InChI is InChI=1S/C30H35NO3/c1-5-6-7-8-9-29(25-14-16-26(17-15-25)30(33)31-4)34-27-18-19-28(21(2)20-27)24-12-10-23(11-13-24)22(3)32/h10-20,29H,5-9H2,1-4H3,(H,31,33). The van der Waals surface area contributed by atoms with Gasteiger partial charge >= 0.3 is 0 Å². The number of ether oxygens (including phenoxy) is 1. The van der Waals surface area contributed by atoms with Crippen molar-refractivity contribution < 1.29 is 14.3 Å². The van der Waals surface area contributed by atoms with E-state index in [1.54, 1.807) is 14.0 Å². The Morgan fingerprint density at radius 1 is 0.882 bits per heavy atom. The highest BCUT2D eigenvalue weighted by molar-refractivity contribution is 5.94. The van der Waals surface area contributed by atoms with E-state index in [0.29, 0.717) is 5.56 Å². The summed E-state index contributed by atoms with van der Waals surface area (Å²) in [5.41, 5.74) is 5.76. The summed E-state index contributed by atoms with van der Waals surface area (Å²) < 4.78 is 6.48. The molecule has 4 nitrogen and oxygen atoms in total. The highest BCUT2D eigenvalue weighted by atomic mass is 16.5. The van der Waals surface area contributed by atoms with E-state index in [4.69, 9.17) is 4.74 Å². The average Bonchev–Trinajstić information content (AvgIpc) is 2.85. The van der Waals surface area contributed by atoms with Crippen LogP contribution in [0, 0.1) is 6.92 Å². The fraction of sp³-hybridized carbons (Fsp3) is 0.333. The molecule has 0 aromatic heterocycles. The van der Waals surface area contributed by atoms with Gasteiger partial charge in [0.05, 0.1) is 0 Å². The highest BCUT2D eigenvalue weighted by Crippen LogP contribution is 2.32. The molecule has 0 bridgehead atoms. The minimum absolute atomic E-state index is 0.0698. The Bertz CT molecular complexity index is 1100. The molecule has 0 saturated heterocycles. The Morgan fingerprint density at radius 2 is 1.56 bits per heavy atom. The van der Waals surface area contributed by atoms with E-state index in [0.717, 1.165) is 46.4 Å². The lowest BCUT2D eigenvalue weighted by Crippen LogP contribution is -2.17. The van der Waals surface area contributed by atoms with Gasteiger partial charge in [-0.15, -0.1) is 0 Å². The molecule has 0 aliphatic heterocycles. The van der Waals surface area contributed by atoms with Crippen molar-refractivity contribution in [1.29, 1.82) is 0 Å². The number of hydrogen-bond donors (Lipinski definition) is 1. The molecule has 3 aromatic rings. The van der Waals surface area contributed by atoms with Gasteiger partial charge < -0.3 is 10.1 Å². The van der Waals surface area contributed by atoms with Crippen LogP contribution in [0.15, 0.2) is 66.7 Å². The Morgan fingerprint density at radius 3 is 2.15 bits per heavy atom. The van der Waals surface area contributed by atoms with Crippen LogP contribution in [0.4, 0.5) is 0 Å². The summed E-state index contributed by atoms with van der Waals surface area (Å²) >= 11 is 0. The van der Waals surface area contributed by atoms with Crippen molar-refractivity contribution in [2.45, 2.75) is 59.0 Å². The van der Waals surface area contributed by atoms with Crippen LogP contribution in [0.1, 0.15) is 83.9 Å². The third-order valence-electron chi connectivity index (χ3n) is 6.17. The number of rotatable bonds is 11. The van der Waals surface area contributed by atoms with Crippen LogP contribution in [-0.2, 0) is 0 Å². The number of carbonyl (C=O) groups excluding carboxylic acids is 2. The number of amides is 1. The maximum Gasteiger partial charge on any atom is 0.251 e. The zero-order valence-electron chi connectivity index (χ0n) is 20.7. The lowest BCUT2D eigenvalue weighted by Gasteiger charge is -2.21. The maximum atomic E-state index is 11.9. The van der Waals surface area contributed by atoms with Gasteiger partial charge in [-0.05, 0) is 73.2 Å². The fourth-order valence-corrected chi connectivity index (χ4v) is 4.13. The average molecular weight is 458 g/mol. The summed E-state index contributed by atoms with van der Waals surface area (Å²) in [7, 11) is 1.64. The molecule has 0 radical (unpaired) electrons. The zero-order valence-corrected chi connectivity index (χ0v) is 20.7. The first-order valence-electron chi connectivity index (χ1n) is 12.1. The molecule has 4 heteroatoms. The van der Waals surface area contributed by atoms with Crippen molar-refractivity contribution in [3.8, 4) is 16.9 Å². The molecule has 34 heavy (non-hydrogen) atoms. The van der Waals surface area contributed by atoms with E-state index in [-0.39, 0.29) is 17.8 Å². The minimum Gasteiger partial charge on any atom is -0.486 e. The SMILES string of the molecule is CCCCCCC(Oc1ccc(-c2ccc(C(C)=O)cc2)c(C)c1)c1ccc(C(=O)NC)cc1. The second kappa shape index (κ2) is 12.2. The largest absolute Gasteiger partial charge is 0.486 e. The lowest BCUT2D eigenvalue weighted by molar-refractivity contribution is 0.0961. The number of Topliss-reactive ketones (excluding diaryl/α,β-unsaturated/α-hetero) is 1. The van der Waals surface area contributed by atoms with E-state index in [9.17, 15) is 9.59 Å². The van der Waals surface area contributed by atoms with E-state index in [2.05, 4.69) is 31.3 Å². The normalized spacial score (nSPS) is 11.6. The number of benzene rings is 3. The number of ketones is 1. The van der Waals surface area contributed by atoms with Gasteiger partial charge in [0, 0.05) is 18.2 Å². The number of carbonyl (C=O) groups is 2. The van der Waals surface area contributed by atoms with Crippen LogP contribution in [0.3, 0.4) is 0 Å². The molecular weight excluding hydrogens is 422 g/mol. The first-order chi connectivity index (χ1) is 16.4. The first kappa shape index (κ1) is 25.2. The van der Waals surface area contributed by atoms with Crippen molar-refractivity contribution in [3.63, 3.8) is 0 Å². The predicted octanol–water partition coefficient (Wildman–Crippen LogP) is 7.31. The molecule has 0 aliphatic rings. The molecule has 1 amide bonds. The number of hydrogen-bond acceptors (Lipinski definition) is 3. The highest BCUT2D eigenvalue weighted by Gasteiger charge is 2.15. The molecular formula is C30H35NO3. The van der Waals surface area contributed by atoms with Crippen LogP contribution >= 0.6 is 0 Å². The van der Waals surface area contributed by atoms with Gasteiger partial charge in [0.15, 0.2) is 5.78 Å². The number of unbranched alkanes of at least 4 members (excludes halogenated alkanes) is 3. The first-order valence-corrected chi connectivity index (χ1v) is 12.1. The van der Waals surface area contributed by atoms with E-state index < -0.39 is 0 Å². The summed E-state index contributed by atoms with van der Waals surface area (Å²) in [6.45, 7) is 5.87. The maximum absolute atomic E-state index is 11.9. The van der Waals surface area contributed by atoms with Gasteiger partial charge in [-0.2, -0.15) is 0 Å². The molecule has 3 aromatic carbocycles. The lowest BCUT2D eigenvalue weighted by atomic mass is 9.98. The predicted molar refractivity (Wildman–Crippen MR) is 139 cm³/mol. The molecule has 1 atom stereocenters. The van der Waals surface area contributed by atoms with Gasteiger partial charge in [-0.3, -0.25) is 9.59 Å². The third kappa shape index (κ3) is 6.57. The zero-order chi connectivity index (χ0) is 24.5. The summed E-state index contributed by atoms with van der Waals surface area (Å²) in [6.07, 6.45) is 5.54. The number of nitrogens with one attached hydrogen (secondary N) is 1. The van der Waals surface area contributed by atoms with Crippen molar-refractivity contribution in [2.75, 3.05) is 7.05 Å². The van der Waals surface area contributed by atoms with Crippen molar-refractivity contribution >= 4 is 11.7 Å². The molecule has 0 saturated carbocycles. The number of aryl methyl sites for hydroxylation is 1. The molecule has 1 unspecified atom stereocenters. The Labute approximate surface area is 203 Å². The molecule has 0 heterocycles.